The molecule has 36 heavy (non-hydrogen) atoms. The molecule has 0 bridgehead atoms. The fraction of sp³-hybridized carbons (Fsp3) is 0.481. The Morgan fingerprint density at radius 2 is 2.17 bits per heavy atom. The van der Waals surface area contributed by atoms with Crippen molar-refractivity contribution >= 4 is 17.9 Å². The quantitative estimate of drug-likeness (QED) is 0.228. The molecule has 1 aliphatic heterocycles. The molecular formula is C27H39N5O3S. The number of carboxylic acids is 1. The van der Waals surface area contributed by atoms with Crippen LogP contribution in [0.1, 0.15) is 62.0 Å². The number of aliphatic carboxylic acids is 1. The lowest BCUT2D eigenvalue weighted by Crippen LogP contribution is -2.34. The lowest BCUT2D eigenvalue weighted by Gasteiger charge is -2.32. The Kier molecular flexibility index (Phi) is 9.78. The number of rotatable bonds is 11. The van der Waals surface area contributed by atoms with Crippen LogP contribution in [-0.2, 0) is 22.5 Å². The minimum atomic E-state index is -1.17. The molecule has 196 valence electrons. The number of aryl methyl sites for hydroxylation is 2. The maximum atomic E-state index is 12.2. The maximum absolute atomic E-state index is 12.2. The van der Waals surface area contributed by atoms with E-state index in [1.54, 1.807) is 32.0 Å². The van der Waals surface area contributed by atoms with Gasteiger partial charge in [0.15, 0.2) is 0 Å². The second kappa shape index (κ2) is 12.6. The number of nitrogens with zero attached hydrogens (tertiary/aromatic N) is 3. The zero-order valence-corrected chi connectivity index (χ0v) is 22.6. The largest absolute Gasteiger partial charge is 0.481 e. The topological polar surface area (TPSA) is 118 Å². The maximum Gasteiger partial charge on any atom is 0.312 e. The smallest absolute Gasteiger partial charge is 0.312 e. The highest BCUT2D eigenvalue weighted by atomic mass is 32.2. The van der Waals surface area contributed by atoms with Gasteiger partial charge in [-0.25, -0.2) is 10.1 Å². The first-order valence-electron chi connectivity index (χ1n) is 12.4. The number of ether oxygens (including phenoxy) is 1. The summed E-state index contributed by atoms with van der Waals surface area (Å²) in [6.07, 6.45) is 7.72. The van der Waals surface area contributed by atoms with Crippen molar-refractivity contribution in [2.45, 2.75) is 64.5 Å². The summed E-state index contributed by atoms with van der Waals surface area (Å²) in [4.78, 5) is 17.7. The summed E-state index contributed by atoms with van der Waals surface area (Å²) in [6.45, 7) is 9.91. The summed E-state index contributed by atoms with van der Waals surface area (Å²) in [5, 5.41) is 11.5. The van der Waals surface area contributed by atoms with Crippen LogP contribution < -0.4 is 11.6 Å². The Bertz CT molecular complexity index is 1080. The van der Waals surface area contributed by atoms with E-state index in [0.717, 1.165) is 49.0 Å². The van der Waals surface area contributed by atoms with Crippen LogP contribution >= 0.6 is 11.9 Å². The van der Waals surface area contributed by atoms with Gasteiger partial charge in [-0.1, -0.05) is 25.1 Å². The molecule has 3 rings (SSSR count). The van der Waals surface area contributed by atoms with E-state index in [-0.39, 0.29) is 6.61 Å². The van der Waals surface area contributed by atoms with Gasteiger partial charge in [0, 0.05) is 43.1 Å². The molecule has 0 spiro atoms. The first-order valence-corrected chi connectivity index (χ1v) is 13.2. The Balaban J connectivity index is 1.83. The molecule has 0 saturated carbocycles. The van der Waals surface area contributed by atoms with Crippen molar-refractivity contribution in [3.05, 3.63) is 70.8 Å². The standard InChI is InChI=1S/C27H39N5O3S/c1-5-12-31(29)17-23(28)18-35-25(27(3,4)26(33)34)21-9-8-19(2)22(14-21)16-32-13-6-7-20-10-11-30-15-24(20)36-32/h8-11,14-15,17,25H,5-7,12-13,16,18,28-29H2,1-4H3,(H,33,34)/b23-17-. The molecule has 1 aromatic carbocycles. The van der Waals surface area contributed by atoms with E-state index in [9.17, 15) is 9.90 Å². The highest BCUT2D eigenvalue weighted by molar-refractivity contribution is 7.97. The van der Waals surface area contributed by atoms with Crippen LogP contribution in [-0.4, -0.2) is 45.1 Å². The van der Waals surface area contributed by atoms with E-state index in [0.29, 0.717) is 12.2 Å². The van der Waals surface area contributed by atoms with Crippen LogP contribution in [0.2, 0.25) is 0 Å². The van der Waals surface area contributed by atoms with Crippen molar-refractivity contribution in [1.29, 1.82) is 0 Å². The Labute approximate surface area is 218 Å². The minimum Gasteiger partial charge on any atom is -0.481 e. The molecule has 0 aliphatic carbocycles. The van der Waals surface area contributed by atoms with Crippen molar-refractivity contribution in [3.8, 4) is 0 Å². The number of hydrogen-bond donors (Lipinski definition) is 3. The summed E-state index contributed by atoms with van der Waals surface area (Å²) in [7, 11) is 0. The van der Waals surface area contributed by atoms with E-state index in [2.05, 4.69) is 28.3 Å². The molecule has 0 fully saturated rings. The molecule has 0 amide bonds. The molecule has 2 heterocycles. The number of nitrogens with two attached hydrogens (primary N) is 2. The zero-order valence-electron chi connectivity index (χ0n) is 21.7. The van der Waals surface area contributed by atoms with Gasteiger partial charge in [0.1, 0.15) is 0 Å². The van der Waals surface area contributed by atoms with E-state index in [1.807, 2.05) is 31.5 Å². The first-order chi connectivity index (χ1) is 17.1. The molecule has 9 heteroatoms. The van der Waals surface area contributed by atoms with Gasteiger partial charge in [0.25, 0.3) is 0 Å². The number of fused-ring (bicyclic) bond motifs is 1. The molecule has 1 aromatic heterocycles. The van der Waals surface area contributed by atoms with Crippen LogP contribution in [0.3, 0.4) is 0 Å². The average Bonchev–Trinajstić information content (AvgIpc) is 3.02. The van der Waals surface area contributed by atoms with Crippen molar-refractivity contribution in [2.75, 3.05) is 19.7 Å². The molecule has 1 atom stereocenters. The van der Waals surface area contributed by atoms with Crippen molar-refractivity contribution in [1.82, 2.24) is 14.3 Å². The van der Waals surface area contributed by atoms with Crippen LogP contribution in [0.4, 0.5) is 0 Å². The summed E-state index contributed by atoms with van der Waals surface area (Å²) in [5.74, 6) is 4.99. The second-order valence-electron chi connectivity index (χ2n) is 9.89. The van der Waals surface area contributed by atoms with Crippen LogP contribution in [0.5, 0.6) is 0 Å². The van der Waals surface area contributed by atoms with Crippen molar-refractivity contribution < 1.29 is 14.6 Å². The van der Waals surface area contributed by atoms with Gasteiger partial charge in [0.05, 0.1) is 23.8 Å². The van der Waals surface area contributed by atoms with Crippen LogP contribution in [0, 0.1) is 12.3 Å². The van der Waals surface area contributed by atoms with E-state index >= 15 is 0 Å². The Morgan fingerprint density at radius 1 is 1.39 bits per heavy atom. The predicted octanol–water partition coefficient (Wildman–Crippen LogP) is 4.40. The lowest BCUT2D eigenvalue weighted by molar-refractivity contribution is -0.156. The van der Waals surface area contributed by atoms with Crippen molar-refractivity contribution in [3.63, 3.8) is 0 Å². The third-order valence-corrected chi connectivity index (χ3v) is 7.54. The number of carbonyl (C=O) groups is 1. The Morgan fingerprint density at radius 3 is 2.89 bits per heavy atom. The number of pyridine rings is 1. The van der Waals surface area contributed by atoms with E-state index < -0.39 is 17.5 Å². The van der Waals surface area contributed by atoms with Gasteiger partial charge in [-0.2, -0.15) is 0 Å². The number of benzene rings is 1. The number of carboxylic acid groups (broad SMARTS) is 1. The number of aromatic nitrogens is 1. The molecule has 2 aromatic rings. The molecular weight excluding hydrogens is 474 g/mol. The van der Waals surface area contributed by atoms with Gasteiger partial charge in [0.2, 0.25) is 0 Å². The molecule has 1 aliphatic rings. The average molecular weight is 514 g/mol. The number of hydrazine groups is 1. The summed E-state index contributed by atoms with van der Waals surface area (Å²) in [5.41, 5.74) is 9.85. The van der Waals surface area contributed by atoms with Gasteiger partial charge < -0.3 is 20.6 Å². The third-order valence-electron chi connectivity index (χ3n) is 6.41. The summed E-state index contributed by atoms with van der Waals surface area (Å²) < 4.78 is 8.51. The summed E-state index contributed by atoms with van der Waals surface area (Å²) >= 11 is 1.73. The second-order valence-corrected chi connectivity index (χ2v) is 11.0. The van der Waals surface area contributed by atoms with Gasteiger partial charge >= 0.3 is 5.97 Å². The Hall–Kier alpha value is -2.59. The highest BCUT2D eigenvalue weighted by Gasteiger charge is 2.39. The zero-order chi connectivity index (χ0) is 26.3. The summed E-state index contributed by atoms with van der Waals surface area (Å²) in [6, 6.07) is 8.17. The van der Waals surface area contributed by atoms with Crippen molar-refractivity contribution in [2.24, 2.45) is 17.0 Å². The van der Waals surface area contributed by atoms with E-state index in [4.69, 9.17) is 16.3 Å². The SMILES string of the molecule is CCCN(N)/C=C(\N)COC(c1ccc(C)c(CN2CCCc3ccncc3S2)c1)C(C)(C)C(=O)O. The van der Waals surface area contributed by atoms with Crippen LogP contribution in [0.15, 0.2) is 53.5 Å². The van der Waals surface area contributed by atoms with Crippen LogP contribution in [0.25, 0.3) is 0 Å². The fourth-order valence-electron chi connectivity index (χ4n) is 4.24. The number of hydrogen-bond acceptors (Lipinski definition) is 8. The fourth-order valence-corrected chi connectivity index (χ4v) is 5.34. The van der Waals surface area contributed by atoms with Gasteiger partial charge in [-0.05, 0) is 80.3 Å². The van der Waals surface area contributed by atoms with Gasteiger partial charge in [-0.3, -0.25) is 9.78 Å². The highest BCUT2D eigenvalue weighted by Crippen LogP contribution is 2.39. The lowest BCUT2D eigenvalue weighted by atomic mass is 9.81. The molecule has 1 unspecified atom stereocenters. The first kappa shape index (κ1) is 28.0. The van der Waals surface area contributed by atoms with E-state index in [1.165, 1.54) is 15.5 Å². The molecule has 0 saturated heterocycles. The van der Waals surface area contributed by atoms with Gasteiger partial charge in [-0.15, -0.1) is 0 Å². The predicted molar refractivity (Wildman–Crippen MR) is 144 cm³/mol. The molecule has 0 radical (unpaired) electrons. The monoisotopic (exact) mass is 513 g/mol. The third kappa shape index (κ3) is 7.22. The molecule has 5 N–H and O–H groups in total. The normalized spacial score (nSPS) is 15.8. The minimum absolute atomic E-state index is 0.0771. The molecule has 8 nitrogen and oxygen atoms in total.